The number of hydrogen-bond acceptors (Lipinski definition) is 15. The standard InChI is InChI=1S/C71H138O17P2/c1-8-10-11-12-13-14-15-16-24-33-40-47-54-70(75)87-67(59-82-69(74)53-46-39-32-27-26-29-36-43-50-63(5)6)61-86-90(79,80)84-57-65(72)56-83-89(77,78)85-60-66(58-81-68(73)52-45-38-31-23-19-17-21-28-35-42-49-62(3)4)88-71(76)55-48-41-34-25-20-18-22-30-37-44-51-64(7)9-2/h62-67,72H,8-61H2,1-7H3,(H,77,78)(H,79,80)/t64?,65-,66-,67-/m1/s1. The number of ether oxygens (including phenoxy) is 4. The van der Waals surface area contributed by atoms with Gasteiger partial charge in [0.25, 0.3) is 0 Å². The summed E-state index contributed by atoms with van der Waals surface area (Å²) in [5.41, 5.74) is 0. The van der Waals surface area contributed by atoms with Gasteiger partial charge in [-0.2, -0.15) is 0 Å². The van der Waals surface area contributed by atoms with Crippen molar-refractivity contribution in [3.8, 4) is 0 Å². The van der Waals surface area contributed by atoms with Crippen LogP contribution in [0.5, 0.6) is 0 Å². The fraction of sp³-hybridized carbons (Fsp3) is 0.944. The van der Waals surface area contributed by atoms with Crippen LogP contribution in [0.15, 0.2) is 0 Å². The van der Waals surface area contributed by atoms with Crippen molar-refractivity contribution < 1.29 is 80.2 Å². The van der Waals surface area contributed by atoms with Crippen molar-refractivity contribution in [2.75, 3.05) is 39.6 Å². The van der Waals surface area contributed by atoms with Crippen molar-refractivity contribution in [2.45, 2.75) is 375 Å². The maximum absolute atomic E-state index is 13.0. The van der Waals surface area contributed by atoms with Gasteiger partial charge in [0.1, 0.15) is 19.3 Å². The second-order valence-electron chi connectivity index (χ2n) is 26.8. The molecule has 17 nitrogen and oxygen atoms in total. The Hall–Kier alpha value is -1.94. The zero-order valence-electron chi connectivity index (χ0n) is 58.6. The van der Waals surface area contributed by atoms with E-state index in [2.05, 4.69) is 48.5 Å². The van der Waals surface area contributed by atoms with Crippen molar-refractivity contribution >= 4 is 39.5 Å². The topological polar surface area (TPSA) is 237 Å². The lowest BCUT2D eigenvalue weighted by atomic mass is 9.99. The molecule has 0 aromatic heterocycles. The van der Waals surface area contributed by atoms with Crippen LogP contribution in [0.2, 0.25) is 0 Å². The Morgan fingerprint density at radius 3 is 0.844 bits per heavy atom. The molecule has 6 atom stereocenters. The summed E-state index contributed by atoms with van der Waals surface area (Å²) >= 11 is 0. The third kappa shape index (κ3) is 63.5. The van der Waals surface area contributed by atoms with Crippen LogP contribution in [0.25, 0.3) is 0 Å². The molecule has 0 aromatic rings. The fourth-order valence-electron chi connectivity index (χ4n) is 10.7. The minimum Gasteiger partial charge on any atom is -0.462 e. The summed E-state index contributed by atoms with van der Waals surface area (Å²) in [5.74, 6) is 0.164. The molecule has 0 fully saturated rings. The van der Waals surface area contributed by atoms with E-state index in [-0.39, 0.29) is 25.7 Å². The molecule has 0 spiro atoms. The van der Waals surface area contributed by atoms with E-state index in [1.165, 1.54) is 167 Å². The van der Waals surface area contributed by atoms with Gasteiger partial charge in [0.2, 0.25) is 0 Å². The molecule has 0 aliphatic carbocycles. The van der Waals surface area contributed by atoms with Crippen LogP contribution >= 0.6 is 15.6 Å². The molecule has 0 saturated heterocycles. The zero-order valence-corrected chi connectivity index (χ0v) is 60.4. The van der Waals surface area contributed by atoms with E-state index in [0.717, 1.165) is 108 Å². The summed E-state index contributed by atoms with van der Waals surface area (Å²) in [5, 5.41) is 10.6. The first-order valence-corrected chi connectivity index (χ1v) is 39.9. The Morgan fingerprint density at radius 1 is 0.322 bits per heavy atom. The predicted molar refractivity (Wildman–Crippen MR) is 363 cm³/mol. The molecule has 0 amide bonds. The maximum Gasteiger partial charge on any atom is 0.472 e. The van der Waals surface area contributed by atoms with Crippen molar-refractivity contribution in [3.05, 3.63) is 0 Å². The average molecular weight is 1330 g/mol. The monoisotopic (exact) mass is 1320 g/mol. The number of carbonyl (C=O) groups excluding carboxylic acids is 4. The molecule has 0 aliphatic rings. The molecule has 0 heterocycles. The maximum atomic E-state index is 13.0. The molecule has 19 heteroatoms. The molecule has 0 aromatic carbocycles. The molecule has 0 radical (unpaired) electrons. The zero-order chi connectivity index (χ0) is 66.6. The molecule has 0 rings (SSSR count). The van der Waals surface area contributed by atoms with Gasteiger partial charge in [-0.15, -0.1) is 0 Å². The summed E-state index contributed by atoms with van der Waals surface area (Å²) in [7, 11) is -9.90. The SMILES string of the molecule is CCCCCCCCCCCCCCC(=O)O[C@H](COC(=O)CCCCCCCCCCC(C)C)COP(=O)(O)OC[C@H](O)COP(=O)(O)OC[C@@H](COC(=O)CCCCCCCCCCCCC(C)C)OC(=O)CCCCCCCCCCCCC(C)CC. The third-order valence-electron chi connectivity index (χ3n) is 16.7. The number of phosphoric acid groups is 2. The van der Waals surface area contributed by atoms with Gasteiger partial charge < -0.3 is 33.8 Å². The lowest BCUT2D eigenvalue weighted by molar-refractivity contribution is -0.161. The molecule has 0 saturated carbocycles. The number of aliphatic hydroxyl groups is 1. The highest BCUT2D eigenvalue weighted by Gasteiger charge is 2.30. The normalized spacial score (nSPS) is 14.5. The number of rotatable bonds is 69. The summed E-state index contributed by atoms with van der Waals surface area (Å²) in [4.78, 5) is 72.6. The Kier molecular flexibility index (Phi) is 60.6. The average Bonchev–Trinajstić information content (AvgIpc) is 3.72. The minimum atomic E-state index is -4.95. The highest BCUT2D eigenvalue weighted by Crippen LogP contribution is 2.45. The number of aliphatic hydroxyl groups excluding tert-OH is 1. The molecular formula is C71H138O17P2. The molecule has 534 valence electrons. The van der Waals surface area contributed by atoms with Gasteiger partial charge in [0.15, 0.2) is 12.2 Å². The first kappa shape index (κ1) is 88.1. The van der Waals surface area contributed by atoms with Gasteiger partial charge in [0.05, 0.1) is 26.4 Å². The highest BCUT2D eigenvalue weighted by molar-refractivity contribution is 7.47. The quantitative estimate of drug-likeness (QED) is 0.0222. The van der Waals surface area contributed by atoms with Crippen molar-refractivity contribution in [3.63, 3.8) is 0 Å². The van der Waals surface area contributed by atoms with Gasteiger partial charge in [-0.25, -0.2) is 9.13 Å². The van der Waals surface area contributed by atoms with Gasteiger partial charge in [-0.3, -0.25) is 37.3 Å². The largest absolute Gasteiger partial charge is 0.472 e. The molecule has 90 heavy (non-hydrogen) atoms. The van der Waals surface area contributed by atoms with Crippen molar-refractivity contribution in [1.82, 2.24) is 0 Å². The first-order chi connectivity index (χ1) is 43.3. The van der Waals surface area contributed by atoms with Gasteiger partial charge in [-0.1, -0.05) is 305 Å². The van der Waals surface area contributed by atoms with Crippen LogP contribution < -0.4 is 0 Å². The third-order valence-corrected chi connectivity index (χ3v) is 18.6. The van der Waals surface area contributed by atoms with E-state index in [1.54, 1.807) is 0 Å². The lowest BCUT2D eigenvalue weighted by Gasteiger charge is -2.21. The molecule has 0 bridgehead atoms. The Labute approximate surface area is 549 Å². The molecular weight excluding hydrogens is 1190 g/mol. The number of unbranched alkanes of at least 4 members (excludes halogenated alkanes) is 36. The van der Waals surface area contributed by atoms with Crippen LogP contribution in [0.4, 0.5) is 0 Å². The minimum absolute atomic E-state index is 0.106. The predicted octanol–water partition coefficient (Wildman–Crippen LogP) is 20.2. The van der Waals surface area contributed by atoms with Gasteiger partial charge >= 0.3 is 39.5 Å². The second kappa shape index (κ2) is 61.9. The van der Waals surface area contributed by atoms with Gasteiger partial charge in [-0.05, 0) is 43.4 Å². The van der Waals surface area contributed by atoms with E-state index < -0.39 is 97.5 Å². The fourth-order valence-corrected chi connectivity index (χ4v) is 12.3. The summed E-state index contributed by atoms with van der Waals surface area (Å²) in [6.45, 7) is 11.8. The Morgan fingerprint density at radius 2 is 0.567 bits per heavy atom. The van der Waals surface area contributed by atoms with E-state index in [1.807, 2.05) is 0 Å². The van der Waals surface area contributed by atoms with Crippen LogP contribution in [-0.4, -0.2) is 96.7 Å². The molecule has 3 unspecified atom stereocenters. The summed E-state index contributed by atoms with van der Waals surface area (Å²) in [6.07, 6.45) is 45.6. The Bertz CT molecular complexity index is 1770. The van der Waals surface area contributed by atoms with Crippen LogP contribution in [0.1, 0.15) is 357 Å². The summed E-state index contributed by atoms with van der Waals surface area (Å²) in [6, 6.07) is 0. The number of esters is 4. The van der Waals surface area contributed by atoms with Gasteiger partial charge in [0, 0.05) is 25.7 Å². The Balaban J connectivity index is 5.27. The smallest absolute Gasteiger partial charge is 0.462 e. The van der Waals surface area contributed by atoms with E-state index >= 15 is 0 Å². The second-order valence-corrected chi connectivity index (χ2v) is 29.7. The van der Waals surface area contributed by atoms with Crippen LogP contribution in [-0.2, 0) is 65.4 Å². The summed E-state index contributed by atoms with van der Waals surface area (Å²) < 4.78 is 68.3. The van der Waals surface area contributed by atoms with E-state index in [0.29, 0.717) is 25.7 Å². The molecule has 0 aliphatic heterocycles. The lowest BCUT2D eigenvalue weighted by Crippen LogP contribution is -2.30. The van der Waals surface area contributed by atoms with Crippen LogP contribution in [0, 0.1) is 17.8 Å². The number of phosphoric ester groups is 2. The van der Waals surface area contributed by atoms with Crippen molar-refractivity contribution in [2.24, 2.45) is 17.8 Å². The van der Waals surface area contributed by atoms with Crippen LogP contribution in [0.3, 0.4) is 0 Å². The first-order valence-electron chi connectivity index (χ1n) is 36.9. The molecule has 3 N–H and O–H groups in total. The number of hydrogen-bond donors (Lipinski definition) is 3. The number of carbonyl (C=O) groups is 4. The van der Waals surface area contributed by atoms with E-state index in [4.69, 9.17) is 37.0 Å². The van der Waals surface area contributed by atoms with Crippen molar-refractivity contribution in [1.29, 1.82) is 0 Å². The van der Waals surface area contributed by atoms with E-state index in [9.17, 15) is 43.2 Å². The highest BCUT2D eigenvalue weighted by atomic mass is 31.2.